The SMILES string of the molecule is Cc1cccc(CN)c1N(CC(N)=O)C(C)C. The normalized spacial score (nSPS) is 10.6. The molecule has 4 heteroatoms. The van der Waals surface area contributed by atoms with Crippen LogP contribution in [0.25, 0.3) is 0 Å². The van der Waals surface area contributed by atoms with E-state index in [1.54, 1.807) is 0 Å². The smallest absolute Gasteiger partial charge is 0.236 e. The molecule has 0 saturated carbocycles. The van der Waals surface area contributed by atoms with Crippen LogP contribution in [0.1, 0.15) is 25.0 Å². The lowest BCUT2D eigenvalue weighted by Gasteiger charge is -2.31. The van der Waals surface area contributed by atoms with Gasteiger partial charge in [0.25, 0.3) is 0 Å². The van der Waals surface area contributed by atoms with Gasteiger partial charge < -0.3 is 16.4 Å². The van der Waals surface area contributed by atoms with E-state index >= 15 is 0 Å². The molecule has 94 valence electrons. The number of aryl methyl sites for hydroxylation is 1. The molecule has 0 bridgehead atoms. The Hall–Kier alpha value is -1.55. The van der Waals surface area contributed by atoms with Gasteiger partial charge in [-0.25, -0.2) is 0 Å². The van der Waals surface area contributed by atoms with E-state index in [0.717, 1.165) is 16.8 Å². The zero-order chi connectivity index (χ0) is 13.0. The van der Waals surface area contributed by atoms with Gasteiger partial charge in [-0.15, -0.1) is 0 Å². The molecular weight excluding hydrogens is 214 g/mol. The van der Waals surface area contributed by atoms with Gasteiger partial charge in [-0.1, -0.05) is 18.2 Å². The van der Waals surface area contributed by atoms with Crippen molar-refractivity contribution in [2.75, 3.05) is 11.4 Å². The lowest BCUT2D eigenvalue weighted by molar-refractivity contribution is -0.116. The lowest BCUT2D eigenvalue weighted by Crippen LogP contribution is -2.39. The Balaban J connectivity index is 3.21. The Labute approximate surface area is 103 Å². The van der Waals surface area contributed by atoms with E-state index in [9.17, 15) is 4.79 Å². The highest BCUT2D eigenvalue weighted by Crippen LogP contribution is 2.26. The van der Waals surface area contributed by atoms with Crippen molar-refractivity contribution in [1.82, 2.24) is 0 Å². The molecule has 0 heterocycles. The van der Waals surface area contributed by atoms with Crippen LogP contribution in [0, 0.1) is 6.92 Å². The number of hydrogen-bond donors (Lipinski definition) is 2. The topological polar surface area (TPSA) is 72.3 Å². The molecule has 4 nitrogen and oxygen atoms in total. The molecule has 1 rings (SSSR count). The van der Waals surface area contributed by atoms with Gasteiger partial charge >= 0.3 is 0 Å². The summed E-state index contributed by atoms with van der Waals surface area (Å²) in [5.74, 6) is -0.329. The van der Waals surface area contributed by atoms with Crippen molar-refractivity contribution >= 4 is 11.6 Å². The van der Waals surface area contributed by atoms with Gasteiger partial charge in [0.05, 0.1) is 6.54 Å². The summed E-state index contributed by atoms with van der Waals surface area (Å²) in [6.07, 6.45) is 0. The predicted octanol–water partition coefficient (Wildman–Crippen LogP) is 1.15. The first-order valence-electron chi connectivity index (χ1n) is 5.80. The third-order valence-electron chi connectivity index (χ3n) is 2.78. The van der Waals surface area contributed by atoms with E-state index in [0.29, 0.717) is 6.54 Å². The molecular formula is C13H21N3O. The molecule has 1 amide bonds. The second-order valence-corrected chi connectivity index (χ2v) is 4.47. The van der Waals surface area contributed by atoms with Crippen molar-refractivity contribution in [3.8, 4) is 0 Å². The summed E-state index contributed by atoms with van der Waals surface area (Å²) in [6.45, 7) is 6.77. The third kappa shape index (κ3) is 3.20. The van der Waals surface area contributed by atoms with E-state index in [1.165, 1.54) is 0 Å². The Morgan fingerprint density at radius 1 is 1.41 bits per heavy atom. The molecule has 0 fully saturated rings. The lowest BCUT2D eigenvalue weighted by atomic mass is 10.1. The highest BCUT2D eigenvalue weighted by Gasteiger charge is 2.17. The molecule has 17 heavy (non-hydrogen) atoms. The van der Waals surface area contributed by atoms with Gasteiger partial charge in [0.1, 0.15) is 0 Å². The monoisotopic (exact) mass is 235 g/mol. The fourth-order valence-electron chi connectivity index (χ4n) is 1.98. The molecule has 0 unspecified atom stereocenters. The van der Waals surface area contributed by atoms with Crippen LogP contribution in [0.3, 0.4) is 0 Å². The van der Waals surface area contributed by atoms with Crippen molar-refractivity contribution in [1.29, 1.82) is 0 Å². The summed E-state index contributed by atoms with van der Waals surface area (Å²) < 4.78 is 0. The number of carbonyl (C=O) groups is 1. The van der Waals surface area contributed by atoms with Crippen molar-refractivity contribution in [3.05, 3.63) is 29.3 Å². The van der Waals surface area contributed by atoms with Crippen LogP contribution in [-0.4, -0.2) is 18.5 Å². The average Bonchev–Trinajstić information content (AvgIpc) is 2.25. The van der Waals surface area contributed by atoms with E-state index in [1.807, 2.05) is 43.9 Å². The predicted molar refractivity (Wildman–Crippen MR) is 70.7 cm³/mol. The van der Waals surface area contributed by atoms with Crippen molar-refractivity contribution in [2.45, 2.75) is 33.4 Å². The maximum absolute atomic E-state index is 11.1. The van der Waals surface area contributed by atoms with E-state index in [4.69, 9.17) is 11.5 Å². The van der Waals surface area contributed by atoms with Gasteiger partial charge in [-0.2, -0.15) is 0 Å². The number of benzene rings is 1. The maximum atomic E-state index is 11.1. The average molecular weight is 235 g/mol. The van der Waals surface area contributed by atoms with Crippen LogP contribution in [0.15, 0.2) is 18.2 Å². The molecule has 0 aromatic heterocycles. The van der Waals surface area contributed by atoms with Gasteiger partial charge in [0, 0.05) is 18.3 Å². The minimum Gasteiger partial charge on any atom is -0.368 e. The summed E-state index contributed by atoms with van der Waals surface area (Å²) in [5.41, 5.74) is 14.2. The molecule has 0 atom stereocenters. The number of amides is 1. The van der Waals surface area contributed by atoms with Crippen LogP contribution in [0.4, 0.5) is 5.69 Å². The molecule has 1 aromatic carbocycles. The first kappa shape index (κ1) is 13.5. The summed E-state index contributed by atoms with van der Waals surface area (Å²) in [7, 11) is 0. The van der Waals surface area contributed by atoms with Crippen LogP contribution in [0.5, 0.6) is 0 Å². The number of rotatable bonds is 5. The summed E-state index contributed by atoms with van der Waals surface area (Å²) in [6, 6.07) is 6.18. The maximum Gasteiger partial charge on any atom is 0.236 e. The second kappa shape index (κ2) is 5.68. The zero-order valence-electron chi connectivity index (χ0n) is 10.7. The van der Waals surface area contributed by atoms with Crippen LogP contribution in [0.2, 0.25) is 0 Å². The number of anilines is 1. The summed E-state index contributed by atoms with van der Waals surface area (Å²) >= 11 is 0. The molecule has 0 spiro atoms. The number of carbonyl (C=O) groups excluding carboxylic acids is 1. The van der Waals surface area contributed by atoms with Crippen LogP contribution in [-0.2, 0) is 11.3 Å². The van der Waals surface area contributed by atoms with Crippen molar-refractivity contribution in [2.24, 2.45) is 11.5 Å². The van der Waals surface area contributed by atoms with Crippen LogP contribution >= 0.6 is 0 Å². The largest absolute Gasteiger partial charge is 0.368 e. The van der Waals surface area contributed by atoms with Gasteiger partial charge in [-0.05, 0) is 31.9 Å². The Morgan fingerprint density at radius 2 is 2.06 bits per heavy atom. The first-order chi connectivity index (χ1) is 7.97. The summed E-state index contributed by atoms with van der Waals surface area (Å²) in [5, 5.41) is 0. The first-order valence-corrected chi connectivity index (χ1v) is 5.80. The van der Waals surface area contributed by atoms with Crippen molar-refractivity contribution in [3.63, 3.8) is 0 Å². The van der Waals surface area contributed by atoms with Gasteiger partial charge in [0.15, 0.2) is 0 Å². The minimum absolute atomic E-state index is 0.203. The zero-order valence-corrected chi connectivity index (χ0v) is 10.7. The molecule has 0 saturated heterocycles. The van der Waals surface area contributed by atoms with Crippen LogP contribution < -0.4 is 16.4 Å². The quantitative estimate of drug-likeness (QED) is 0.804. The number of nitrogens with zero attached hydrogens (tertiary/aromatic N) is 1. The van der Waals surface area contributed by atoms with E-state index < -0.39 is 0 Å². The minimum atomic E-state index is -0.329. The second-order valence-electron chi connectivity index (χ2n) is 4.47. The Bertz CT molecular complexity index is 402. The number of primary amides is 1. The molecule has 0 aliphatic rings. The highest BCUT2D eigenvalue weighted by atomic mass is 16.1. The fourth-order valence-corrected chi connectivity index (χ4v) is 1.98. The molecule has 0 aliphatic carbocycles. The molecule has 1 aromatic rings. The fraction of sp³-hybridized carbons (Fsp3) is 0.462. The summed E-state index contributed by atoms with van der Waals surface area (Å²) in [4.78, 5) is 13.1. The van der Waals surface area contributed by atoms with Gasteiger partial charge in [-0.3, -0.25) is 4.79 Å². The molecule has 4 N–H and O–H groups in total. The molecule has 0 aliphatic heterocycles. The van der Waals surface area contributed by atoms with Gasteiger partial charge in [0.2, 0.25) is 5.91 Å². The Morgan fingerprint density at radius 3 is 2.53 bits per heavy atom. The van der Waals surface area contributed by atoms with E-state index in [-0.39, 0.29) is 18.5 Å². The Kier molecular flexibility index (Phi) is 4.52. The number of nitrogens with two attached hydrogens (primary N) is 2. The van der Waals surface area contributed by atoms with E-state index in [2.05, 4.69) is 0 Å². The number of hydrogen-bond acceptors (Lipinski definition) is 3. The molecule has 0 radical (unpaired) electrons. The standard InChI is InChI=1S/C13H21N3O/c1-9(2)16(8-12(15)17)13-10(3)5-4-6-11(13)7-14/h4-6,9H,7-8,14H2,1-3H3,(H2,15,17). The van der Waals surface area contributed by atoms with Crippen molar-refractivity contribution < 1.29 is 4.79 Å². The number of para-hydroxylation sites is 1. The third-order valence-corrected chi connectivity index (χ3v) is 2.78. The highest BCUT2D eigenvalue weighted by molar-refractivity contribution is 5.80.